The molecule has 1 atom stereocenters. The van der Waals surface area contributed by atoms with Gasteiger partial charge in [0.2, 0.25) is 11.8 Å². The molecule has 23 heavy (non-hydrogen) atoms. The molecule has 0 bridgehead atoms. The number of amides is 2. The molecule has 6 nitrogen and oxygen atoms in total. The number of halogens is 1. The summed E-state index contributed by atoms with van der Waals surface area (Å²) in [6, 6.07) is 7.56. The minimum atomic E-state index is -0.0482. The van der Waals surface area contributed by atoms with Crippen LogP contribution in [0.1, 0.15) is 11.6 Å². The predicted octanol–water partition coefficient (Wildman–Crippen LogP) is 0.245. The van der Waals surface area contributed by atoms with E-state index in [2.05, 4.69) is 10.6 Å². The predicted molar refractivity (Wildman–Crippen MR) is 88.2 cm³/mol. The van der Waals surface area contributed by atoms with Crippen molar-refractivity contribution in [3.63, 3.8) is 0 Å². The van der Waals surface area contributed by atoms with Crippen LogP contribution in [0.2, 0.25) is 5.02 Å². The molecule has 0 aromatic heterocycles. The second kappa shape index (κ2) is 7.29. The summed E-state index contributed by atoms with van der Waals surface area (Å²) in [4.78, 5) is 28.1. The highest BCUT2D eigenvalue weighted by Gasteiger charge is 2.30. The van der Waals surface area contributed by atoms with Gasteiger partial charge in [0, 0.05) is 37.7 Å². The number of piperazine rings is 2. The minimum absolute atomic E-state index is 0.00766. The molecule has 0 spiro atoms. The average molecular weight is 337 g/mol. The van der Waals surface area contributed by atoms with E-state index in [-0.39, 0.29) is 24.4 Å². The van der Waals surface area contributed by atoms with Crippen molar-refractivity contribution in [3.05, 3.63) is 34.9 Å². The zero-order chi connectivity index (χ0) is 16.2. The minimum Gasteiger partial charge on any atom is -0.332 e. The van der Waals surface area contributed by atoms with Gasteiger partial charge in [-0.2, -0.15) is 0 Å². The molecule has 3 rings (SSSR count). The van der Waals surface area contributed by atoms with E-state index in [0.717, 1.165) is 18.7 Å². The molecule has 0 saturated carbocycles. The number of rotatable bonds is 3. The normalized spacial score (nSPS) is 22.3. The zero-order valence-electron chi connectivity index (χ0n) is 12.9. The Hall–Kier alpha value is -1.63. The van der Waals surface area contributed by atoms with Crippen molar-refractivity contribution in [3.8, 4) is 0 Å². The van der Waals surface area contributed by atoms with Crippen molar-refractivity contribution in [1.29, 1.82) is 0 Å². The fourth-order valence-corrected chi connectivity index (χ4v) is 3.28. The molecule has 2 aliphatic heterocycles. The highest BCUT2D eigenvalue weighted by Crippen LogP contribution is 2.25. The first-order valence-corrected chi connectivity index (χ1v) is 8.27. The lowest BCUT2D eigenvalue weighted by molar-refractivity contribution is -0.143. The third-order valence-corrected chi connectivity index (χ3v) is 4.55. The van der Waals surface area contributed by atoms with Crippen LogP contribution in [0.15, 0.2) is 24.3 Å². The van der Waals surface area contributed by atoms with Crippen LogP contribution in [0, 0.1) is 0 Å². The fraction of sp³-hybridized carbons (Fsp3) is 0.500. The van der Waals surface area contributed by atoms with Crippen LogP contribution in [0.5, 0.6) is 0 Å². The molecule has 1 aromatic rings. The molecule has 7 heteroatoms. The Morgan fingerprint density at radius 1 is 1.26 bits per heavy atom. The summed E-state index contributed by atoms with van der Waals surface area (Å²) < 4.78 is 0. The second-order valence-corrected chi connectivity index (χ2v) is 6.29. The van der Waals surface area contributed by atoms with E-state index in [0.29, 0.717) is 31.2 Å². The van der Waals surface area contributed by atoms with Gasteiger partial charge in [-0.3, -0.25) is 9.59 Å². The summed E-state index contributed by atoms with van der Waals surface area (Å²) in [7, 11) is 0. The molecule has 2 aliphatic rings. The van der Waals surface area contributed by atoms with Gasteiger partial charge in [0.25, 0.3) is 0 Å². The summed E-state index contributed by atoms with van der Waals surface area (Å²) in [6.07, 6.45) is 0. The number of benzene rings is 1. The fourth-order valence-electron chi connectivity index (χ4n) is 3.08. The Bertz CT molecular complexity index is 595. The van der Waals surface area contributed by atoms with E-state index in [1.165, 1.54) is 0 Å². The van der Waals surface area contributed by atoms with E-state index < -0.39 is 0 Å². The topological polar surface area (TPSA) is 64.7 Å². The average Bonchev–Trinajstić information content (AvgIpc) is 2.57. The lowest BCUT2D eigenvalue weighted by Crippen LogP contribution is -2.55. The number of carbonyl (C=O) groups is 2. The van der Waals surface area contributed by atoms with Gasteiger partial charge in [-0.25, -0.2) is 0 Å². The first kappa shape index (κ1) is 16.2. The maximum absolute atomic E-state index is 12.7. The summed E-state index contributed by atoms with van der Waals surface area (Å²) >= 11 is 6.08. The summed E-state index contributed by atoms with van der Waals surface area (Å²) in [5, 5.41) is 7.00. The maximum Gasteiger partial charge on any atom is 0.242 e. The Morgan fingerprint density at radius 2 is 2.09 bits per heavy atom. The van der Waals surface area contributed by atoms with Gasteiger partial charge in [-0.15, -0.1) is 0 Å². The molecule has 124 valence electrons. The number of carbonyl (C=O) groups excluding carboxylic acids is 2. The maximum atomic E-state index is 12.7. The molecule has 2 amide bonds. The molecule has 1 aromatic carbocycles. The van der Waals surface area contributed by atoms with Crippen LogP contribution >= 0.6 is 11.6 Å². The van der Waals surface area contributed by atoms with Gasteiger partial charge < -0.3 is 20.4 Å². The largest absolute Gasteiger partial charge is 0.332 e. The monoisotopic (exact) mass is 336 g/mol. The van der Waals surface area contributed by atoms with Gasteiger partial charge in [0.15, 0.2) is 0 Å². The van der Waals surface area contributed by atoms with Crippen LogP contribution in [0.3, 0.4) is 0 Å². The number of nitrogens with one attached hydrogen (secondary N) is 2. The van der Waals surface area contributed by atoms with Crippen LogP contribution in [0.25, 0.3) is 0 Å². The Kier molecular flexibility index (Phi) is 5.15. The van der Waals surface area contributed by atoms with Crippen molar-refractivity contribution >= 4 is 23.4 Å². The standard InChI is InChI=1S/C16H21ClN4O2/c17-13-3-1-2-12(8-13)14-9-18-5-7-21(14)16(23)11-20-6-4-19-10-15(20)22/h1-3,8,14,18-19H,4-7,9-11H2. The Balaban J connectivity index is 1.72. The van der Waals surface area contributed by atoms with Crippen molar-refractivity contribution in [2.45, 2.75) is 6.04 Å². The molecule has 2 saturated heterocycles. The van der Waals surface area contributed by atoms with Gasteiger partial charge in [-0.05, 0) is 17.7 Å². The molecular weight excluding hydrogens is 316 g/mol. The highest BCUT2D eigenvalue weighted by molar-refractivity contribution is 6.30. The number of hydrogen-bond donors (Lipinski definition) is 2. The molecular formula is C16H21ClN4O2. The molecule has 1 unspecified atom stereocenters. The van der Waals surface area contributed by atoms with Crippen molar-refractivity contribution in [2.24, 2.45) is 0 Å². The first-order chi connectivity index (χ1) is 11.1. The van der Waals surface area contributed by atoms with Crippen LogP contribution in [-0.4, -0.2) is 67.4 Å². The van der Waals surface area contributed by atoms with E-state index in [9.17, 15) is 9.59 Å². The number of nitrogens with zero attached hydrogens (tertiary/aromatic N) is 2. The van der Waals surface area contributed by atoms with Gasteiger partial charge in [0.05, 0.1) is 19.1 Å². The second-order valence-electron chi connectivity index (χ2n) is 5.85. The van der Waals surface area contributed by atoms with Gasteiger partial charge in [-0.1, -0.05) is 23.7 Å². The summed E-state index contributed by atoms with van der Waals surface area (Å²) in [6.45, 7) is 3.87. The zero-order valence-corrected chi connectivity index (χ0v) is 13.7. The van der Waals surface area contributed by atoms with Crippen molar-refractivity contribution in [1.82, 2.24) is 20.4 Å². The van der Waals surface area contributed by atoms with E-state index in [1.807, 2.05) is 29.2 Å². The van der Waals surface area contributed by atoms with E-state index in [4.69, 9.17) is 11.6 Å². The Labute approximate surface area is 140 Å². The molecule has 0 aliphatic carbocycles. The SMILES string of the molecule is O=C1CNCCN1CC(=O)N1CCNCC1c1cccc(Cl)c1. The van der Waals surface area contributed by atoms with Crippen molar-refractivity contribution in [2.75, 3.05) is 45.8 Å². The van der Waals surface area contributed by atoms with Crippen LogP contribution < -0.4 is 10.6 Å². The molecule has 0 radical (unpaired) electrons. The summed E-state index contributed by atoms with van der Waals surface area (Å²) in [5.74, 6) is -0.0224. The first-order valence-electron chi connectivity index (χ1n) is 7.89. The third kappa shape index (κ3) is 3.83. The summed E-state index contributed by atoms with van der Waals surface area (Å²) in [5.41, 5.74) is 1.02. The van der Waals surface area contributed by atoms with Crippen LogP contribution in [0.4, 0.5) is 0 Å². The van der Waals surface area contributed by atoms with E-state index in [1.54, 1.807) is 4.90 Å². The van der Waals surface area contributed by atoms with Crippen molar-refractivity contribution < 1.29 is 9.59 Å². The quantitative estimate of drug-likeness (QED) is 0.830. The number of hydrogen-bond acceptors (Lipinski definition) is 4. The molecule has 2 heterocycles. The van der Waals surface area contributed by atoms with Gasteiger partial charge in [0.1, 0.15) is 0 Å². The van der Waals surface area contributed by atoms with Crippen LogP contribution in [-0.2, 0) is 9.59 Å². The lowest BCUT2D eigenvalue weighted by Gasteiger charge is -2.38. The highest BCUT2D eigenvalue weighted by atomic mass is 35.5. The van der Waals surface area contributed by atoms with E-state index >= 15 is 0 Å². The lowest BCUT2D eigenvalue weighted by atomic mass is 10.0. The molecule has 2 N–H and O–H groups in total. The van der Waals surface area contributed by atoms with Gasteiger partial charge >= 0.3 is 0 Å². The third-order valence-electron chi connectivity index (χ3n) is 4.31. The smallest absolute Gasteiger partial charge is 0.242 e. The Morgan fingerprint density at radius 3 is 2.87 bits per heavy atom. The molecule has 2 fully saturated rings.